The fourth-order valence-electron chi connectivity index (χ4n) is 3.71. The Balaban J connectivity index is 1.63. The van der Waals surface area contributed by atoms with Gasteiger partial charge < -0.3 is 14.8 Å². The number of benzene rings is 2. The van der Waals surface area contributed by atoms with Crippen LogP contribution in [0.15, 0.2) is 69.3 Å². The van der Waals surface area contributed by atoms with Gasteiger partial charge in [-0.3, -0.25) is 14.8 Å². The molecule has 3 N–H and O–H groups in total. The number of aromatic nitrogens is 3. The predicted octanol–water partition coefficient (Wildman–Crippen LogP) is 3.16. The average molecular weight is 432 g/mol. The van der Waals surface area contributed by atoms with Crippen molar-refractivity contribution in [2.45, 2.75) is 20.3 Å². The maximum Gasteiger partial charge on any atom is 0.335 e. The first-order valence-corrected chi connectivity index (χ1v) is 10.4. The standard InChI is InChI=1S/C24H24N4O4/c1-3-32-18-10-8-17(9-11-18)28-23(30)21(22(29)27-24(28)31)15(2)25-13-12-16-14-26-20-7-5-4-6-19(16)20/h4-11,14,26,30H,3,12-13H2,1-2H3,(H,27,29,31). The molecule has 0 saturated heterocycles. The molecule has 164 valence electrons. The molecule has 2 aromatic heterocycles. The number of H-pyrrole nitrogens is 2. The van der Waals surface area contributed by atoms with Crippen LogP contribution in [0.1, 0.15) is 25.0 Å². The van der Waals surface area contributed by atoms with Crippen LogP contribution in [0.3, 0.4) is 0 Å². The summed E-state index contributed by atoms with van der Waals surface area (Å²) in [4.78, 5) is 34.9. The number of hydrogen-bond donors (Lipinski definition) is 3. The number of para-hydroxylation sites is 1. The van der Waals surface area contributed by atoms with Gasteiger partial charge in [0, 0.05) is 29.4 Å². The Morgan fingerprint density at radius 2 is 1.88 bits per heavy atom. The number of hydrogen-bond acceptors (Lipinski definition) is 5. The highest BCUT2D eigenvalue weighted by atomic mass is 16.5. The third-order valence-corrected chi connectivity index (χ3v) is 5.26. The number of aliphatic imine (C=N–C) groups is 1. The highest BCUT2D eigenvalue weighted by molar-refractivity contribution is 6.00. The smallest absolute Gasteiger partial charge is 0.335 e. The molecule has 8 heteroatoms. The summed E-state index contributed by atoms with van der Waals surface area (Å²) in [5, 5.41) is 11.9. The SMILES string of the molecule is CCOc1ccc(-n2c(O)c(C(C)=NCCc3c[nH]c4ccccc34)c(=O)[nH]c2=O)cc1. The highest BCUT2D eigenvalue weighted by Gasteiger charge is 2.18. The molecule has 0 fully saturated rings. The molecule has 0 aliphatic rings. The molecule has 4 aromatic rings. The first-order chi connectivity index (χ1) is 15.5. The first-order valence-electron chi connectivity index (χ1n) is 10.4. The van der Waals surface area contributed by atoms with Gasteiger partial charge in [-0.1, -0.05) is 18.2 Å². The maximum absolute atomic E-state index is 12.5. The number of aromatic amines is 2. The molecule has 0 bridgehead atoms. The second kappa shape index (κ2) is 8.97. The largest absolute Gasteiger partial charge is 0.494 e. The number of nitrogens with zero attached hydrogens (tertiary/aromatic N) is 2. The van der Waals surface area contributed by atoms with Gasteiger partial charge in [0.1, 0.15) is 11.3 Å². The third kappa shape index (κ3) is 4.07. The van der Waals surface area contributed by atoms with Crippen molar-refractivity contribution < 1.29 is 9.84 Å². The van der Waals surface area contributed by atoms with E-state index >= 15 is 0 Å². The van der Waals surface area contributed by atoms with Crippen LogP contribution in [-0.4, -0.2) is 38.5 Å². The summed E-state index contributed by atoms with van der Waals surface area (Å²) in [6, 6.07) is 14.7. The molecule has 8 nitrogen and oxygen atoms in total. The lowest BCUT2D eigenvalue weighted by Crippen LogP contribution is -2.32. The van der Waals surface area contributed by atoms with Crippen LogP contribution in [0.25, 0.3) is 16.6 Å². The second-order valence-corrected chi connectivity index (χ2v) is 7.30. The molecule has 0 radical (unpaired) electrons. The molecule has 0 aliphatic carbocycles. The fraction of sp³-hybridized carbons (Fsp3) is 0.208. The molecule has 0 unspecified atom stereocenters. The van der Waals surface area contributed by atoms with Crippen LogP contribution in [-0.2, 0) is 6.42 Å². The van der Waals surface area contributed by atoms with Gasteiger partial charge in [-0.25, -0.2) is 9.36 Å². The van der Waals surface area contributed by atoms with Gasteiger partial charge in [0.2, 0.25) is 5.88 Å². The lowest BCUT2D eigenvalue weighted by atomic mass is 10.1. The summed E-state index contributed by atoms with van der Waals surface area (Å²) in [6.07, 6.45) is 2.62. The lowest BCUT2D eigenvalue weighted by Gasteiger charge is -2.12. The van der Waals surface area contributed by atoms with E-state index in [9.17, 15) is 14.7 Å². The van der Waals surface area contributed by atoms with Gasteiger partial charge in [0.25, 0.3) is 5.56 Å². The van der Waals surface area contributed by atoms with E-state index in [4.69, 9.17) is 4.74 Å². The number of fused-ring (bicyclic) bond motifs is 1. The van der Waals surface area contributed by atoms with Gasteiger partial charge in [0.15, 0.2) is 0 Å². The number of nitrogens with one attached hydrogen (secondary N) is 2. The zero-order valence-corrected chi connectivity index (χ0v) is 17.9. The summed E-state index contributed by atoms with van der Waals surface area (Å²) >= 11 is 0. The molecule has 0 atom stereocenters. The minimum Gasteiger partial charge on any atom is -0.494 e. The average Bonchev–Trinajstić information content (AvgIpc) is 3.18. The molecule has 32 heavy (non-hydrogen) atoms. The lowest BCUT2D eigenvalue weighted by molar-refractivity contribution is 0.340. The van der Waals surface area contributed by atoms with E-state index in [-0.39, 0.29) is 5.56 Å². The zero-order chi connectivity index (χ0) is 22.7. The Kier molecular flexibility index (Phi) is 5.93. The summed E-state index contributed by atoms with van der Waals surface area (Å²) < 4.78 is 6.46. The molecule has 0 aliphatic heterocycles. The van der Waals surface area contributed by atoms with E-state index in [0.29, 0.717) is 36.7 Å². The van der Waals surface area contributed by atoms with Crippen molar-refractivity contribution in [2.24, 2.45) is 4.99 Å². The molecule has 2 aromatic carbocycles. The maximum atomic E-state index is 12.5. The Morgan fingerprint density at radius 1 is 1.12 bits per heavy atom. The van der Waals surface area contributed by atoms with Crippen LogP contribution in [0, 0.1) is 0 Å². The van der Waals surface area contributed by atoms with Crippen molar-refractivity contribution in [1.29, 1.82) is 0 Å². The summed E-state index contributed by atoms with van der Waals surface area (Å²) in [7, 11) is 0. The topological polar surface area (TPSA) is 112 Å². The fourth-order valence-corrected chi connectivity index (χ4v) is 3.71. The van der Waals surface area contributed by atoms with Crippen molar-refractivity contribution in [3.05, 3.63) is 86.7 Å². The van der Waals surface area contributed by atoms with Gasteiger partial charge in [-0.15, -0.1) is 0 Å². The minimum atomic E-state index is -0.730. The van der Waals surface area contributed by atoms with Crippen molar-refractivity contribution in [3.63, 3.8) is 0 Å². The molecular weight excluding hydrogens is 408 g/mol. The van der Waals surface area contributed by atoms with Crippen LogP contribution >= 0.6 is 0 Å². The molecule has 0 amide bonds. The number of rotatable bonds is 7. The van der Waals surface area contributed by atoms with E-state index in [0.717, 1.165) is 21.0 Å². The summed E-state index contributed by atoms with van der Waals surface area (Å²) in [5.74, 6) is 0.194. The third-order valence-electron chi connectivity index (χ3n) is 5.26. The monoisotopic (exact) mass is 432 g/mol. The zero-order valence-electron chi connectivity index (χ0n) is 17.9. The van der Waals surface area contributed by atoms with Gasteiger partial charge in [-0.2, -0.15) is 0 Å². The van der Waals surface area contributed by atoms with Gasteiger partial charge in [0.05, 0.1) is 12.3 Å². The second-order valence-electron chi connectivity index (χ2n) is 7.30. The molecular formula is C24H24N4O4. The molecule has 4 rings (SSSR count). The molecule has 2 heterocycles. The van der Waals surface area contributed by atoms with Crippen molar-refractivity contribution in [3.8, 4) is 17.3 Å². The minimum absolute atomic E-state index is 0.0302. The van der Waals surface area contributed by atoms with Gasteiger partial charge in [-0.05, 0) is 56.2 Å². The molecule has 0 saturated carbocycles. The van der Waals surface area contributed by atoms with Crippen LogP contribution in [0.2, 0.25) is 0 Å². The van der Waals surface area contributed by atoms with Crippen LogP contribution in [0.4, 0.5) is 0 Å². The Morgan fingerprint density at radius 3 is 2.62 bits per heavy atom. The van der Waals surface area contributed by atoms with E-state index in [2.05, 4.69) is 15.0 Å². The number of aromatic hydroxyl groups is 1. The van der Waals surface area contributed by atoms with E-state index < -0.39 is 17.1 Å². The Hall–Kier alpha value is -4.07. The Labute approximate surface area is 183 Å². The Bertz CT molecular complexity index is 1390. The normalized spacial score (nSPS) is 11.8. The first kappa shape index (κ1) is 21.2. The summed E-state index contributed by atoms with van der Waals surface area (Å²) in [6.45, 7) is 4.46. The highest BCUT2D eigenvalue weighted by Crippen LogP contribution is 2.21. The predicted molar refractivity (Wildman–Crippen MR) is 125 cm³/mol. The van der Waals surface area contributed by atoms with Crippen LogP contribution in [0.5, 0.6) is 11.6 Å². The van der Waals surface area contributed by atoms with Crippen molar-refractivity contribution in [2.75, 3.05) is 13.2 Å². The molecule has 0 spiro atoms. The van der Waals surface area contributed by atoms with Crippen molar-refractivity contribution in [1.82, 2.24) is 14.5 Å². The quantitative estimate of drug-likeness (QED) is 0.389. The van der Waals surface area contributed by atoms with Gasteiger partial charge >= 0.3 is 5.69 Å². The van der Waals surface area contributed by atoms with Crippen molar-refractivity contribution >= 4 is 16.6 Å². The van der Waals surface area contributed by atoms with Crippen LogP contribution < -0.4 is 16.0 Å². The van der Waals surface area contributed by atoms with E-state index in [1.807, 2.05) is 37.4 Å². The van der Waals surface area contributed by atoms with E-state index in [1.165, 1.54) is 0 Å². The van der Waals surface area contributed by atoms with E-state index in [1.54, 1.807) is 31.2 Å². The summed E-state index contributed by atoms with van der Waals surface area (Å²) in [5.41, 5.74) is 1.49. The number of ether oxygens (including phenoxy) is 1.